The largest absolute Gasteiger partial charge is 0.377 e. The normalized spacial score (nSPS) is 33.9. The summed E-state index contributed by atoms with van der Waals surface area (Å²) in [6, 6.07) is 0. The third kappa shape index (κ3) is 1.07. The topological polar surface area (TPSA) is 3.24 Å². The lowest BCUT2D eigenvalue weighted by Crippen LogP contribution is -2.37. The number of hydrogen-bond acceptors (Lipinski definition) is 1. The fraction of sp³-hybridized carbons (Fsp3) is 0.800. The van der Waals surface area contributed by atoms with Crippen molar-refractivity contribution in [2.45, 2.75) is 26.2 Å². The summed E-state index contributed by atoms with van der Waals surface area (Å²) in [4.78, 5) is 2.38. The third-order valence-electron chi connectivity index (χ3n) is 3.56. The molecule has 1 heterocycles. The van der Waals surface area contributed by atoms with Crippen molar-refractivity contribution in [3.63, 3.8) is 0 Å². The van der Waals surface area contributed by atoms with E-state index in [1.807, 2.05) is 6.20 Å². The average Bonchev–Trinajstić information content (AvgIpc) is 2.77. The van der Waals surface area contributed by atoms with Crippen LogP contribution >= 0.6 is 0 Å². The second-order valence-electron chi connectivity index (χ2n) is 4.21. The second-order valence-corrected chi connectivity index (χ2v) is 4.21. The predicted molar refractivity (Wildman–Crippen MR) is 47.2 cm³/mol. The molecular formula is C10H17N. The van der Waals surface area contributed by atoms with Crippen LogP contribution in [0, 0.1) is 11.3 Å². The number of piperidine rings is 1. The number of hydrogen-bond donors (Lipinski definition) is 0. The minimum Gasteiger partial charge on any atom is -0.377 e. The molecule has 0 amide bonds. The van der Waals surface area contributed by atoms with Crippen molar-refractivity contribution in [2.24, 2.45) is 11.3 Å². The van der Waals surface area contributed by atoms with Crippen molar-refractivity contribution in [2.75, 3.05) is 13.1 Å². The minimum absolute atomic E-state index is 0.715. The van der Waals surface area contributed by atoms with E-state index in [0.29, 0.717) is 5.41 Å². The molecule has 1 heteroatoms. The highest BCUT2D eigenvalue weighted by Crippen LogP contribution is 2.55. The van der Waals surface area contributed by atoms with Gasteiger partial charge in [0.05, 0.1) is 0 Å². The Morgan fingerprint density at radius 1 is 1.55 bits per heavy atom. The fourth-order valence-electron chi connectivity index (χ4n) is 2.27. The Morgan fingerprint density at radius 2 is 2.27 bits per heavy atom. The zero-order valence-corrected chi connectivity index (χ0v) is 7.34. The molecular weight excluding hydrogens is 134 g/mol. The van der Waals surface area contributed by atoms with Crippen molar-refractivity contribution in [1.82, 2.24) is 4.90 Å². The first-order valence-electron chi connectivity index (χ1n) is 4.63. The standard InChI is InChI=1S/C10H17N/c1-3-11-7-4-9(2)10(8-11)5-6-10/h3,9H,1,4-8H2,2H3. The average molecular weight is 151 g/mol. The molecule has 1 spiro atoms. The summed E-state index contributed by atoms with van der Waals surface area (Å²) >= 11 is 0. The molecule has 1 atom stereocenters. The summed E-state index contributed by atoms with van der Waals surface area (Å²) in [5.74, 6) is 0.957. The molecule has 0 bridgehead atoms. The first-order chi connectivity index (χ1) is 5.27. The van der Waals surface area contributed by atoms with Gasteiger partial charge in [-0.05, 0) is 36.8 Å². The monoisotopic (exact) mass is 151 g/mol. The van der Waals surface area contributed by atoms with Crippen molar-refractivity contribution in [3.8, 4) is 0 Å². The highest BCUT2D eigenvalue weighted by atomic mass is 15.1. The molecule has 2 fully saturated rings. The van der Waals surface area contributed by atoms with E-state index in [0.717, 1.165) is 5.92 Å². The molecule has 0 aromatic carbocycles. The van der Waals surface area contributed by atoms with Gasteiger partial charge in [0.25, 0.3) is 0 Å². The van der Waals surface area contributed by atoms with Gasteiger partial charge in [-0.15, -0.1) is 0 Å². The van der Waals surface area contributed by atoms with Gasteiger partial charge in [-0.1, -0.05) is 13.5 Å². The van der Waals surface area contributed by atoms with E-state index >= 15 is 0 Å². The maximum Gasteiger partial charge on any atom is 0.0231 e. The SMILES string of the molecule is C=CN1CCC(C)C2(CC2)C1. The van der Waals surface area contributed by atoms with Gasteiger partial charge in [-0.2, -0.15) is 0 Å². The Bertz CT molecular complexity index is 170. The molecule has 1 nitrogen and oxygen atoms in total. The quantitative estimate of drug-likeness (QED) is 0.555. The molecule has 1 aliphatic carbocycles. The highest BCUT2D eigenvalue weighted by Gasteiger charge is 2.49. The molecule has 0 aromatic heterocycles. The van der Waals surface area contributed by atoms with Crippen molar-refractivity contribution < 1.29 is 0 Å². The summed E-state index contributed by atoms with van der Waals surface area (Å²) < 4.78 is 0. The van der Waals surface area contributed by atoms with E-state index in [-0.39, 0.29) is 0 Å². The molecule has 1 aliphatic heterocycles. The van der Waals surface area contributed by atoms with Crippen molar-refractivity contribution in [1.29, 1.82) is 0 Å². The lowest BCUT2D eigenvalue weighted by molar-refractivity contribution is 0.153. The van der Waals surface area contributed by atoms with Crippen LogP contribution in [0.1, 0.15) is 26.2 Å². The number of nitrogens with zero attached hydrogens (tertiary/aromatic N) is 1. The van der Waals surface area contributed by atoms with E-state index in [2.05, 4.69) is 18.4 Å². The Labute approximate surface area is 69.1 Å². The molecule has 1 saturated carbocycles. The summed E-state index contributed by atoms with van der Waals surface area (Å²) in [5, 5.41) is 0. The molecule has 2 rings (SSSR count). The maximum atomic E-state index is 3.83. The Morgan fingerprint density at radius 3 is 2.82 bits per heavy atom. The van der Waals surface area contributed by atoms with Crippen LogP contribution in [-0.2, 0) is 0 Å². The maximum absolute atomic E-state index is 3.83. The van der Waals surface area contributed by atoms with E-state index in [1.54, 1.807) is 0 Å². The van der Waals surface area contributed by atoms with Gasteiger partial charge >= 0.3 is 0 Å². The molecule has 1 unspecified atom stereocenters. The van der Waals surface area contributed by atoms with E-state index in [4.69, 9.17) is 0 Å². The van der Waals surface area contributed by atoms with Gasteiger partial charge in [-0.3, -0.25) is 0 Å². The summed E-state index contributed by atoms with van der Waals surface area (Å²) in [6.45, 7) is 8.74. The molecule has 0 N–H and O–H groups in total. The van der Waals surface area contributed by atoms with Crippen LogP contribution in [0.2, 0.25) is 0 Å². The van der Waals surface area contributed by atoms with Crippen LogP contribution in [0.5, 0.6) is 0 Å². The molecule has 62 valence electrons. The molecule has 0 aromatic rings. The van der Waals surface area contributed by atoms with Gasteiger partial charge in [0.2, 0.25) is 0 Å². The van der Waals surface area contributed by atoms with Gasteiger partial charge in [0, 0.05) is 13.1 Å². The molecule has 2 aliphatic rings. The van der Waals surface area contributed by atoms with Gasteiger partial charge < -0.3 is 4.90 Å². The Kier molecular flexibility index (Phi) is 1.48. The first kappa shape index (κ1) is 7.20. The first-order valence-corrected chi connectivity index (χ1v) is 4.63. The summed E-state index contributed by atoms with van der Waals surface area (Å²) in [5.41, 5.74) is 0.715. The van der Waals surface area contributed by atoms with E-state index in [1.165, 1.54) is 32.4 Å². The van der Waals surface area contributed by atoms with Crippen LogP contribution in [0.15, 0.2) is 12.8 Å². The van der Waals surface area contributed by atoms with Crippen LogP contribution in [0.4, 0.5) is 0 Å². The summed E-state index contributed by atoms with van der Waals surface area (Å²) in [6.07, 6.45) is 6.29. The van der Waals surface area contributed by atoms with E-state index < -0.39 is 0 Å². The van der Waals surface area contributed by atoms with Gasteiger partial charge in [0.15, 0.2) is 0 Å². The van der Waals surface area contributed by atoms with Crippen LogP contribution in [-0.4, -0.2) is 18.0 Å². The van der Waals surface area contributed by atoms with E-state index in [9.17, 15) is 0 Å². The predicted octanol–water partition coefficient (Wildman–Crippen LogP) is 2.25. The number of likely N-dealkylation sites (tertiary alicyclic amines) is 1. The van der Waals surface area contributed by atoms with Crippen LogP contribution in [0.25, 0.3) is 0 Å². The highest BCUT2D eigenvalue weighted by molar-refractivity contribution is 5.03. The van der Waals surface area contributed by atoms with Gasteiger partial charge in [0.1, 0.15) is 0 Å². The van der Waals surface area contributed by atoms with Crippen molar-refractivity contribution >= 4 is 0 Å². The zero-order chi connectivity index (χ0) is 7.90. The molecule has 11 heavy (non-hydrogen) atoms. The third-order valence-corrected chi connectivity index (χ3v) is 3.56. The van der Waals surface area contributed by atoms with Crippen LogP contribution < -0.4 is 0 Å². The molecule has 0 radical (unpaired) electrons. The van der Waals surface area contributed by atoms with Crippen LogP contribution in [0.3, 0.4) is 0 Å². The Balaban J connectivity index is 2.03. The van der Waals surface area contributed by atoms with Crippen molar-refractivity contribution in [3.05, 3.63) is 12.8 Å². The second kappa shape index (κ2) is 2.26. The zero-order valence-electron chi connectivity index (χ0n) is 7.34. The smallest absolute Gasteiger partial charge is 0.0231 e. The fourth-order valence-corrected chi connectivity index (χ4v) is 2.27. The Hall–Kier alpha value is -0.460. The minimum atomic E-state index is 0.715. The summed E-state index contributed by atoms with van der Waals surface area (Å²) in [7, 11) is 0. The lowest BCUT2D eigenvalue weighted by Gasteiger charge is -2.36. The molecule has 1 saturated heterocycles. The lowest BCUT2D eigenvalue weighted by atomic mass is 9.84. The number of rotatable bonds is 1. The van der Waals surface area contributed by atoms with Gasteiger partial charge in [-0.25, -0.2) is 0 Å².